The number of para-hydroxylation sites is 1. The summed E-state index contributed by atoms with van der Waals surface area (Å²) in [6, 6.07) is 14.2. The normalized spacial score (nSPS) is 10.6. The van der Waals surface area contributed by atoms with Crippen LogP contribution in [0.5, 0.6) is 5.75 Å². The first-order valence-electron chi connectivity index (χ1n) is 9.59. The highest BCUT2D eigenvalue weighted by Gasteiger charge is 2.13. The molecule has 0 saturated carbocycles. The lowest BCUT2D eigenvalue weighted by atomic mass is 10.3. The van der Waals surface area contributed by atoms with Crippen molar-refractivity contribution in [2.45, 2.75) is 6.54 Å². The van der Waals surface area contributed by atoms with E-state index < -0.39 is 0 Å². The van der Waals surface area contributed by atoms with Crippen molar-refractivity contribution in [2.24, 2.45) is 0 Å². The zero-order valence-corrected chi connectivity index (χ0v) is 17.8. The van der Waals surface area contributed by atoms with Crippen LogP contribution in [0.1, 0.15) is 10.4 Å². The maximum Gasteiger partial charge on any atom is 0.258 e. The fourth-order valence-electron chi connectivity index (χ4n) is 2.95. The molecule has 2 N–H and O–H groups in total. The second-order valence-corrected chi connectivity index (χ2v) is 7.19. The zero-order chi connectivity index (χ0) is 22.5. The number of nitrogens with zero attached hydrogens (tertiary/aromatic N) is 4. The molecule has 0 bridgehead atoms. The number of anilines is 2. The number of ether oxygens (including phenoxy) is 1. The van der Waals surface area contributed by atoms with E-state index in [0.717, 1.165) is 0 Å². The lowest BCUT2D eigenvalue weighted by Gasteiger charge is -2.06. The van der Waals surface area contributed by atoms with E-state index in [2.05, 4.69) is 20.8 Å². The number of aromatic nitrogens is 4. The van der Waals surface area contributed by atoms with Gasteiger partial charge >= 0.3 is 0 Å². The number of benzene rings is 2. The molecule has 0 saturated heterocycles. The van der Waals surface area contributed by atoms with Gasteiger partial charge in [-0.25, -0.2) is 4.68 Å². The van der Waals surface area contributed by atoms with Crippen molar-refractivity contribution in [3.63, 3.8) is 0 Å². The Balaban J connectivity index is 1.35. The summed E-state index contributed by atoms with van der Waals surface area (Å²) in [5, 5.41) is 14.4. The van der Waals surface area contributed by atoms with Crippen LogP contribution in [0.15, 0.2) is 73.3 Å². The monoisotopic (exact) mass is 450 g/mol. The summed E-state index contributed by atoms with van der Waals surface area (Å²) >= 11 is 6.18. The molecule has 2 aromatic heterocycles. The lowest BCUT2D eigenvalue weighted by molar-refractivity contribution is -0.116. The summed E-state index contributed by atoms with van der Waals surface area (Å²) in [5.41, 5.74) is 2.13. The van der Waals surface area contributed by atoms with Gasteiger partial charge in [0.1, 0.15) is 12.3 Å². The Morgan fingerprint density at radius 1 is 0.969 bits per heavy atom. The molecule has 0 atom stereocenters. The predicted molar refractivity (Wildman–Crippen MR) is 120 cm³/mol. The molecule has 0 unspecified atom stereocenters. The van der Waals surface area contributed by atoms with Crippen molar-refractivity contribution in [3.8, 4) is 11.4 Å². The highest BCUT2D eigenvalue weighted by atomic mass is 35.5. The molecule has 10 heteroatoms. The molecule has 0 fully saturated rings. The number of carbonyl (C=O) groups excluding carboxylic acids is 2. The Morgan fingerprint density at radius 2 is 1.75 bits per heavy atom. The molecule has 4 rings (SSSR count). The largest absolute Gasteiger partial charge is 0.497 e. The minimum absolute atomic E-state index is 0.00760. The molecule has 0 aliphatic heterocycles. The molecule has 9 nitrogen and oxygen atoms in total. The first-order valence-corrected chi connectivity index (χ1v) is 9.97. The summed E-state index contributed by atoms with van der Waals surface area (Å²) in [7, 11) is 1.58. The third-order valence-electron chi connectivity index (χ3n) is 4.51. The van der Waals surface area contributed by atoms with Gasteiger partial charge in [0.25, 0.3) is 5.91 Å². The molecule has 0 aliphatic carbocycles. The van der Waals surface area contributed by atoms with Gasteiger partial charge in [0.05, 0.1) is 41.5 Å². The van der Waals surface area contributed by atoms with E-state index in [1.165, 1.54) is 21.8 Å². The molecule has 2 heterocycles. The quantitative estimate of drug-likeness (QED) is 0.447. The van der Waals surface area contributed by atoms with Crippen LogP contribution < -0.4 is 15.4 Å². The number of rotatable bonds is 7. The number of hydrogen-bond acceptors (Lipinski definition) is 5. The van der Waals surface area contributed by atoms with Gasteiger partial charge in [-0.15, -0.1) is 0 Å². The minimum Gasteiger partial charge on any atom is -0.497 e. The van der Waals surface area contributed by atoms with E-state index in [1.807, 2.05) is 12.1 Å². The number of nitrogens with one attached hydrogen (secondary N) is 2. The Morgan fingerprint density at radius 3 is 2.50 bits per heavy atom. The smallest absolute Gasteiger partial charge is 0.258 e. The van der Waals surface area contributed by atoms with E-state index in [4.69, 9.17) is 16.3 Å². The molecule has 0 radical (unpaired) electrons. The molecular weight excluding hydrogens is 432 g/mol. The van der Waals surface area contributed by atoms with Crippen LogP contribution in [0, 0.1) is 0 Å². The molecule has 2 amide bonds. The summed E-state index contributed by atoms with van der Waals surface area (Å²) < 4.78 is 8.06. The van der Waals surface area contributed by atoms with Gasteiger partial charge in [-0.05, 0) is 36.4 Å². The van der Waals surface area contributed by atoms with Crippen molar-refractivity contribution in [2.75, 3.05) is 17.7 Å². The Kier molecular flexibility index (Phi) is 6.18. The average molecular weight is 451 g/mol. The van der Waals surface area contributed by atoms with E-state index >= 15 is 0 Å². The van der Waals surface area contributed by atoms with Crippen LogP contribution in [-0.2, 0) is 11.3 Å². The molecular formula is C22H19ClN6O3. The fraction of sp³-hybridized carbons (Fsp3) is 0.0909. The van der Waals surface area contributed by atoms with E-state index in [0.29, 0.717) is 33.4 Å². The SMILES string of the molecule is COc1ccc(NC(=O)Cn2cc(NC(=O)c3cnn(-c4ccccc4Cl)c3)cn2)cc1. The van der Waals surface area contributed by atoms with Gasteiger partial charge < -0.3 is 15.4 Å². The number of amides is 2. The van der Waals surface area contributed by atoms with Crippen LogP contribution in [0.4, 0.5) is 11.4 Å². The van der Waals surface area contributed by atoms with E-state index in [9.17, 15) is 9.59 Å². The third kappa shape index (κ3) is 4.96. The van der Waals surface area contributed by atoms with Gasteiger partial charge in [-0.3, -0.25) is 14.3 Å². The summed E-state index contributed by atoms with van der Waals surface area (Å²) in [4.78, 5) is 24.8. The molecule has 32 heavy (non-hydrogen) atoms. The predicted octanol–water partition coefficient (Wildman–Crippen LogP) is 3.62. The molecule has 162 valence electrons. The second-order valence-electron chi connectivity index (χ2n) is 6.78. The summed E-state index contributed by atoms with van der Waals surface area (Å²) in [6.07, 6.45) is 6.08. The molecule has 4 aromatic rings. The van der Waals surface area contributed by atoms with Crippen LogP contribution in [0.3, 0.4) is 0 Å². The van der Waals surface area contributed by atoms with Crippen molar-refractivity contribution >= 4 is 34.8 Å². The number of methoxy groups -OCH3 is 1. The van der Waals surface area contributed by atoms with Crippen LogP contribution >= 0.6 is 11.6 Å². The zero-order valence-electron chi connectivity index (χ0n) is 17.0. The number of hydrogen-bond donors (Lipinski definition) is 2. The standard InChI is InChI=1S/C22H19ClN6O3/c1-32-18-8-6-16(7-9-18)26-21(30)14-28-13-17(11-24-28)27-22(31)15-10-25-29(12-15)20-5-3-2-4-19(20)23/h2-13H,14H2,1H3,(H,26,30)(H,27,31). The summed E-state index contributed by atoms with van der Waals surface area (Å²) in [5.74, 6) is 0.0931. The average Bonchev–Trinajstić information content (AvgIpc) is 3.44. The number of halogens is 1. The second kappa shape index (κ2) is 9.36. The van der Waals surface area contributed by atoms with Crippen LogP contribution in [0.25, 0.3) is 5.69 Å². The minimum atomic E-state index is -0.356. The van der Waals surface area contributed by atoms with Crippen molar-refractivity contribution in [3.05, 3.63) is 83.9 Å². The van der Waals surface area contributed by atoms with E-state index in [1.54, 1.807) is 55.9 Å². The first-order chi connectivity index (χ1) is 15.5. The van der Waals surface area contributed by atoms with Crippen LogP contribution in [-0.4, -0.2) is 38.5 Å². The third-order valence-corrected chi connectivity index (χ3v) is 4.83. The molecule has 0 aliphatic rings. The Labute approximate surface area is 188 Å². The van der Waals surface area contributed by atoms with Crippen molar-refractivity contribution < 1.29 is 14.3 Å². The van der Waals surface area contributed by atoms with Gasteiger partial charge in [-0.1, -0.05) is 23.7 Å². The Bertz CT molecular complexity index is 1250. The van der Waals surface area contributed by atoms with Crippen LogP contribution in [0.2, 0.25) is 5.02 Å². The van der Waals surface area contributed by atoms with Gasteiger partial charge in [0.2, 0.25) is 5.91 Å². The molecule has 2 aromatic carbocycles. The summed E-state index contributed by atoms with van der Waals surface area (Å²) in [6.45, 7) is -0.00760. The maximum atomic E-state index is 12.5. The highest BCUT2D eigenvalue weighted by molar-refractivity contribution is 6.32. The lowest BCUT2D eigenvalue weighted by Crippen LogP contribution is -2.19. The van der Waals surface area contributed by atoms with Gasteiger partial charge in [-0.2, -0.15) is 10.2 Å². The maximum absolute atomic E-state index is 12.5. The van der Waals surface area contributed by atoms with E-state index in [-0.39, 0.29) is 18.4 Å². The first kappa shape index (κ1) is 21.1. The Hall–Kier alpha value is -4.11. The van der Waals surface area contributed by atoms with Crippen molar-refractivity contribution in [1.29, 1.82) is 0 Å². The van der Waals surface area contributed by atoms with Crippen molar-refractivity contribution in [1.82, 2.24) is 19.6 Å². The molecule has 0 spiro atoms. The topological polar surface area (TPSA) is 103 Å². The fourth-order valence-corrected chi connectivity index (χ4v) is 3.17. The highest BCUT2D eigenvalue weighted by Crippen LogP contribution is 2.20. The number of carbonyl (C=O) groups is 2. The van der Waals surface area contributed by atoms with Gasteiger partial charge in [0.15, 0.2) is 0 Å². The van der Waals surface area contributed by atoms with Gasteiger partial charge in [0, 0.05) is 18.1 Å².